The first kappa shape index (κ1) is 17.5. The van der Waals surface area contributed by atoms with E-state index in [9.17, 15) is 4.79 Å². The molecule has 0 spiro atoms. The van der Waals surface area contributed by atoms with Crippen LogP contribution in [-0.4, -0.2) is 29.9 Å². The summed E-state index contributed by atoms with van der Waals surface area (Å²) in [6, 6.07) is 6.11. The van der Waals surface area contributed by atoms with Gasteiger partial charge in [-0.15, -0.1) is 0 Å². The summed E-state index contributed by atoms with van der Waals surface area (Å²) in [6.07, 6.45) is 2.57. The molecule has 4 nitrogen and oxygen atoms in total. The molecule has 118 valence electrons. The summed E-state index contributed by atoms with van der Waals surface area (Å²) < 4.78 is 0. The Hall–Kier alpha value is -1.55. The highest BCUT2D eigenvalue weighted by atomic mass is 16.1. The van der Waals surface area contributed by atoms with Crippen molar-refractivity contribution < 1.29 is 4.79 Å². The van der Waals surface area contributed by atoms with Crippen molar-refractivity contribution in [3.63, 3.8) is 0 Å². The zero-order chi connectivity index (χ0) is 15.8. The van der Waals surface area contributed by atoms with E-state index >= 15 is 0 Å². The Morgan fingerprint density at radius 2 is 2.05 bits per heavy atom. The first-order chi connectivity index (χ1) is 9.93. The number of carbonyl (C=O) groups is 1. The second-order valence-corrected chi connectivity index (χ2v) is 5.86. The van der Waals surface area contributed by atoms with Crippen LogP contribution in [0.2, 0.25) is 0 Å². The number of nitrogens with one attached hydrogen (secondary N) is 1. The number of nitrogens with two attached hydrogens (primary N) is 1. The van der Waals surface area contributed by atoms with Crippen molar-refractivity contribution in [3.8, 4) is 0 Å². The summed E-state index contributed by atoms with van der Waals surface area (Å²) in [5.74, 6) is 0.0592. The molecule has 4 heteroatoms. The Morgan fingerprint density at radius 1 is 1.33 bits per heavy atom. The van der Waals surface area contributed by atoms with E-state index in [0.29, 0.717) is 18.2 Å². The maximum absolute atomic E-state index is 12.0. The van der Waals surface area contributed by atoms with Crippen molar-refractivity contribution in [2.24, 2.45) is 0 Å². The van der Waals surface area contributed by atoms with Crippen molar-refractivity contribution in [2.75, 3.05) is 24.1 Å². The fourth-order valence-electron chi connectivity index (χ4n) is 2.35. The third-order valence-electron chi connectivity index (χ3n) is 3.63. The summed E-state index contributed by atoms with van der Waals surface area (Å²) in [6.45, 7) is 10.6. The van der Waals surface area contributed by atoms with Gasteiger partial charge in [-0.3, -0.25) is 4.79 Å². The van der Waals surface area contributed by atoms with Crippen molar-refractivity contribution >= 4 is 17.3 Å². The molecular weight excluding hydrogens is 262 g/mol. The summed E-state index contributed by atoms with van der Waals surface area (Å²) in [5.41, 5.74) is 8.27. The fourth-order valence-corrected chi connectivity index (χ4v) is 2.35. The number of aryl methyl sites for hydroxylation is 1. The highest BCUT2D eigenvalue weighted by molar-refractivity contribution is 5.91. The van der Waals surface area contributed by atoms with Gasteiger partial charge in [-0.05, 0) is 64.4 Å². The Kier molecular flexibility index (Phi) is 7.23. The maximum Gasteiger partial charge on any atom is 0.224 e. The second kappa shape index (κ2) is 8.67. The van der Waals surface area contributed by atoms with Crippen LogP contribution in [0.3, 0.4) is 0 Å². The van der Waals surface area contributed by atoms with E-state index in [4.69, 9.17) is 5.73 Å². The molecule has 1 aromatic carbocycles. The quantitative estimate of drug-likeness (QED) is 0.722. The molecular formula is C17H29N3O. The monoisotopic (exact) mass is 291 g/mol. The smallest absolute Gasteiger partial charge is 0.224 e. The van der Waals surface area contributed by atoms with Crippen LogP contribution in [0.5, 0.6) is 0 Å². The molecule has 21 heavy (non-hydrogen) atoms. The highest BCUT2D eigenvalue weighted by Gasteiger charge is 2.10. The SMILES string of the molecule is CCCN(CCCC(=O)Nc1cc(N)ccc1C)C(C)C. The predicted octanol–water partition coefficient (Wildman–Crippen LogP) is 3.42. The van der Waals surface area contributed by atoms with E-state index in [1.54, 1.807) is 0 Å². The number of anilines is 2. The topological polar surface area (TPSA) is 58.4 Å². The van der Waals surface area contributed by atoms with Gasteiger partial charge in [0.2, 0.25) is 5.91 Å². The summed E-state index contributed by atoms with van der Waals surface area (Å²) in [5, 5.41) is 2.95. The van der Waals surface area contributed by atoms with Crippen LogP contribution in [0.1, 0.15) is 45.6 Å². The van der Waals surface area contributed by atoms with Gasteiger partial charge in [-0.1, -0.05) is 13.0 Å². The van der Waals surface area contributed by atoms with E-state index in [1.807, 2.05) is 25.1 Å². The number of nitrogen functional groups attached to an aromatic ring is 1. The van der Waals surface area contributed by atoms with Crippen LogP contribution in [-0.2, 0) is 4.79 Å². The minimum absolute atomic E-state index is 0.0592. The molecule has 0 radical (unpaired) electrons. The second-order valence-electron chi connectivity index (χ2n) is 5.86. The molecule has 0 aliphatic rings. The fraction of sp³-hybridized carbons (Fsp3) is 0.588. The third kappa shape index (κ3) is 6.17. The molecule has 0 heterocycles. The van der Waals surface area contributed by atoms with Crippen LogP contribution in [0.25, 0.3) is 0 Å². The van der Waals surface area contributed by atoms with Crippen molar-refractivity contribution in [1.29, 1.82) is 0 Å². The van der Waals surface area contributed by atoms with Crippen molar-refractivity contribution in [3.05, 3.63) is 23.8 Å². The molecule has 0 saturated heterocycles. The molecule has 0 fully saturated rings. The van der Waals surface area contributed by atoms with E-state index in [0.717, 1.165) is 37.2 Å². The summed E-state index contributed by atoms with van der Waals surface area (Å²) >= 11 is 0. The third-order valence-corrected chi connectivity index (χ3v) is 3.63. The average Bonchev–Trinajstić information content (AvgIpc) is 2.41. The average molecular weight is 291 g/mol. The number of nitrogens with zero attached hydrogens (tertiary/aromatic N) is 1. The van der Waals surface area contributed by atoms with Gasteiger partial charge in [0, 0.05) is 23.8 Å². The first-order valence-electron chi connectivity index (χ1n) is 7.84. The molecule has 0 saturated carbocycles. The lowest BCUT2D eigenvalue weighted by Gasteiger charge is -2.25. The molecule has 0 atom stereocenters. The van der Waals surface area contributed by atoms with Gasteiger partial charge in [0.05, 0.1) is 0 Å². The van der Waals surface area contributed by atoms with E-state index in [1.165, 1.54) is 0 Å². The maximum atomic E-state index is 12.0. The number of hydrogen-bond donors (Lipinski definition) is 2. The van der Waals surface area contributed by atoms with Crippen molar-refractivity contribution in [2.45, 2.75) is 53.0 Å². The zero-order valence-electron chi connectivity index (χ0n) is 13.8. The number of rotatable bonds is 8. The Morgan fingerprint density at radius 3 is 2.67 bits per heavy atom. The number of benzene rings is 1. The largest absolute Gasteiger partial charge is 0.399 e. The van der Waals surface area contributed by atoms with Crippen molar-refractivity contribution in [1.82, 2.24) is 4.90 Å². The molecule has 1 amide bonds. The lowest BCUT2D eigenvalue weighted by molar-refractivity contribution is -0.116. The molecule has 0 aliphatic carbocycles. The van der Waals surface area contributed by atoms with Gasteiger partial charge in [0.25, 0.3) is 0 Å². The number of carbonyl (C=O) groups excluding carboxylic acids is 1. The standard InChI is InChI=1S/C17H29N3O/c1-5-10-20(13(2)3)11-6-7-17(21)19-16-12-15(18)9-8-14(16)4/h8-9,12-13H,5-7,10-11,18H2,1-4H3,(H,19,21). The Bertz CT molecular complexity index is 457. The number of amides is 1. The first-order valence-corrected chi connectivity index (χ1v) is 7.84. The molecule has 0 bridgehead atoms. The molecule has 3 N–H and O–H groups in total. The van der Waals surface area contributed by atoms with E-state index in [2.05, 4.69) is 31.0 Å². The molecule has 0 aliphatic heterocycles. The van der Waals surface area contributed by atoms with Gasteiger partial charge in [-0.25, -0.2) is 0 Å². The summed E-state index contributed by atoms with van der Waals surface area (Å²) in [4.78, 5) is 14.4. The van der Waals surface area contributed by atoms with E-state index < -0.39 is 0 Å². The van der Waals surface area contributed by atoms with Gasteiger partial charge in [0.15, 0.2) is 0 Å². The Balaban J connectivity index is 2.42. The van der Waals surface area contributed by atoms with Gasteiger partial charge in [-0.2, -0.15) is 0 Å². The van der Waals surface area contributed by atoms with E-state index in [-0.39, 0.29) is 5.91 Å². The Labute approximate surface area is 128 Å². The van der Waals surface area contributed by atoms with Crippen LogP contribution in [0, 0.1) is 6.92 Å². The van der Waals surface area contributed by atoms with Crippen LogP contribution in [0.15, 0.2) is 18.2 Å². The molecule has 1 rings (SSSR count). The number of hydrogen-bond acceptors (Lipinski definition) is 3. The van der Waals surface area contributed by atoms with Gasteiger partial charge < -0.3 is 16.0 Å². The zero-order valence-corrected chi connectivity index (χ0v) is 13.8. The van der Waals surface area contributed by atoms with Crippen LogP contribution >= 0.6 is 0 Å². The van der Waals surface area contributed by atoms with Crippen LogP contribution in [0.4, 0.5) is 11.4 Å². The summed E-state index contributed by atoms with van der Waals surface area (Å²) in [7, 11) is 0. The highest BCUT2D eigenvalue weighted by Crippen LogP contribution is 2.18. The lowest BCUT2D eigenvalue weighted by atomic mass is 10.1. The molecule has 0 unspecified atom stereocenters. The molecule has 1 aromatic rings. The minimum Gasteiger partial charge on any atom is -0.399 e. The van der Waals surface area contributed by atoms with Gasteiger partial charge in [0.1, 0.15) is 0 Å². The molecule has 0 aromatic heterocycles. The lowest BCUT2D eigenvalue weighted by Crippen LogP contribution is -2.33. The normalized spacial score (nSPS) is 11.1. The minimum atomic E-state index is 0.0592. The predicted molar refractivity (Wildman–Crippen MR) is 90.5 cm³/mol. The van der Waals surface area contributed by atoms with Crippen LogP contribution < -0.4 is 11.1 Å². The van der Waals surface area contributed by atoms with Gasteiger partial charge >= 0.3 is 0 Å².